The number of likely N-dealkylation sites (tertiary alicyclic amines) is 1. The summed E-state index contributed by atoms with van der Waals surface area (Å²) in [7, 11) is 0. The number of hydrogen-bond donors (Lipinski definition) is 1. The van der Waals surface area contributed by atoms with Crippen LogP contribution in [0.1, 0.15) is 40.5 Å². The van der Waals surface area contributed by atoms with Gasteiger partial charge in [-0.2, -0.15) is 0 Å². The smallest absolute Gasteiger partial charge is 0.0218 e. The summed E-state index contributed by atoms with van der Waals surface area (Å²) in [6, 6.07) is 2.14. The second kappa shape index (κ2) is 6.36. The molecule has 0 aromatic rings. The summed E-state index contributed by atoms with van der Waals surface area (Å²) in [6.07, 6.45) is 2.67. The van der Waals surface area contributed by atoms with Gasteiger partial charge >= 0.3 is 0 Å². The van der Waals surface area contributed by atoms with Gasteiger partial charge in [-0.1, -0.05) is 6.92 Å². The second-order valence-electron chi connectivity index (χ2n) is 6.57. The Morgan fingerprint density at radius 2 is 2.06 bits per heavy atom. The van der Waals surface area contributed by atoms with E-state index in [0.717, 1.165) is 18.0 Å². The van der Waals surface area contributed by atoms with Crippen molar-refractivity contribution in [3.8, 4) is 0 Å². The summed E-state index contributed by atoms with van der Waals surface area (Å²) < 4.78 is 0. The lowest BCUT2D eigenvalue weighted by molar-refractivity contribution is 0.111. The quantitative estimate of drug-likeness (QED) is 0.824. The van der Waals surface area contributed by atoms with Crippen molar-refractivity contribution in [1.82, 2.24) is 15.1 Å². The number of nitrogens with zero attached hydrogens (tertiary/aromatic N) is 2. The first kappa shape index (κ1) is 14.3. The Kier molecular flexibility index (Phi) is 5.05. The highest BCUT2D eigenvalue weighted by Gasteiger charge is 2.30. The van der Waals surface area contributed by atoms with Crippen LogP contribution in [0.3, 0.4) is 0 Å². The highest BCUT2D eigenvalue weighted by atomic mass is 15.2. The molecule has 18 heavy (non-hydrogen) atoms. The van der Waals surface area contributed by atoms with E-state index in [0.29, 0.717) is 6.04 Å². The SMILES string of the molecule is CCC1CNC(C)CN1CC1CCN(C(C)C)C1. The molecule has 2 heterocycles. The van der Waals surface area contributed by atoms with E-state index in [2.05, 4.69) is 42.8 Å². The molecule has 3 unspecified atom stereocenters. The summed E-state index contributed by atoms with van der Waals surface area (Å²) in [5.74, 6) is 0.895. The van der Waals surface area contributed by atoms with Gasteiger partial charge in [0, 0.05) is 44.3 Å². The van der Waals surface area contributed by atoms with Gasteiger partial charge in [-0.3, -0.25) is 4.90 Å². The predicted octanol–water partition coefficient (Wildman–Crippen LogP) is 1.79. The van der Waals surface area contributed by atoms with Crippen LogP contribution in [-0.4, -0.2) is 60.6 Å². The second-order valence-corrected chi connectivity index (χ2v) is 6.57. The molecule has 2 fully saturated rings. The molecule has 0 bridgehead atoms. The predicted molar refractivity (Wildman–Crippen MR) is 77.9 cm³/mol. The van der Waals surface area contributed by atoms with Crippen molar-refractivity contribution in [2.24, 2.45) is 5.92 Å². The third-order valence-electron chi connectivity index (χ3n) is 4.74. The number of piperazine rings is 1. The molecule has 0 radical (unpaired) electrons. The normalized spacial score (nSPS) is 35.5. The van der Waals surface area contributed by atoms with Crippen LogP contribution in [0.25, 0.3) is 0 Å². The molecule has 0 saturated carbocycles. The van der Waals surface area contributed by atoms with Crippen molar-refractivity contribution >= 4 is 0 Å². The molecule has 0 amide bonds. The summed E-state index contributed by atoms with van der Waals surface area (Å²) >= 11 is 0. The summed E-state index contributed by atoms with van der Waals surface area (Å²) in [4.78, 5) is 5.38. The Bertz CT molecular complexity index is 254. The first-order valence-corrected chi connectivity index (χ1v) is 7.81. The van der Waals surface area contributed by atoms with Crippen LogP contribution in [0.2, 0.25) is 0 Å². The highest BCUT2D eigenvalue weighted by Crippen LogP contribution is 2.22. The number of hydrogen-bond acceptors (Lipinski definition) is 3. The minimum absolute atomic E-state index is 0.662. The zero-order valence-electron chi connectivity index (χ0n) is 12.7. The van der Waals surface area contributed by atoms with Crippen LogP contribution in [0.15, 0.2) is 0 Å². The molecule has 106 valence electrons. The van der Waals surface area contributed by atoms with E-state index in [9.17, 15) is 0 Å². The Labute approximate surface area is 113 Å². The van der Waals surface area contributed by atoms with Crippen molar-refractivity contribution in [3.05, 3.63) is 0 Å². The van der Waals surface area contributed by atoms with E-state index in [1.54, 1.807) is 0 Å². The van der Waals surface area contributed by atoms with Crippen LogP contribution in [0.5, 0.6) is 0 Å². The molecule has 2 aliphatic rings. The lowest BCUT2D eigenvalue weighted by Crippen LogP contribution is -2.56. The molecule has 2 rings (SSSR count). The van der Waals surface area contributed by atoms with Gasteiger partial charge < -0.3 is 10.2 Å². The minimum atomic E-state index is 0.662. The minimum Gasteiger partial charge on any atom is -0.311 e. The maximum atomic E-state index is 3.61. The van der Waals surface area contributed by atoms with E-state index in [1.807, 2.05) is 0 Å². The Morgan fingerprint density at radius 3 is 2.67 bits per heavy atom. The largest absolute Gasteiger partial charge is 0.311 e. The van der Waals surface area contributed by atoms with Gasteiger partial charge in [0.05, 0.1) is 0 Å². The van der Waals surface area contributed by atoms with Crippen LogP contribution < -0.4 is 5.32 Å². The molecule has 2 saturated heterocycles. The molecule has 3 heteroatoms. The molecular weight excluding hydrogens is 222 g/mol. The summed E-state index contributed by atoms with van der Waals surface area (Å²) in [6.45, 7) is 15.6. The summed E-state index contributed by atoms with van der Waals surface area (Å²) in [5.41, 5.74) is 0. The van der Waals surface area contributed by atoms with Crippen LogP contribution >= 0.6 is 0 Å². The van der Waals surface area contributed by atoms with Crippen LogP contribution in [-0.2, 0) is 0 Å². The molecule has 0 aliphatic carbocycles. The average Bonchev–Trinajstić information content (AvgIpc) is 2.78. The Balaban J connectivity index is 1.84. The van der Waals surface area contributed by atoms with Gasteiger partial charge in [0.25, 0.3) is 0 Å². The first-order valence-electron chi connectivity index (χ1n) is 7.81. The lowest BCUT2D eigenvalue weighted by atomic mass is 10.0. The van der Waals surface area contributed by atoms with Crippen LogP contribution in [0.4, 0.5) is 0 Å². The first-order chi connectivity index (χ1) is 8.60. The maximum absolute atomic E-state index is 3.61. The Hall–Kier alpha value is -0.120. The van der Waals surface area contributed by atoms with Gasteiger partial charge in [-0.25, -0.2) is 0 Å². The number of rotatable bonds is 4. The molecule has 2 aliphatic heterocycles. The van der Waals surface area contributed by atoms with Gasteiger partial charge in [-0.05, 0) is 46.1 Å². The summed E-state index contributed by atoms with van der Waals surface area (Å²) in [5, 5.41) is 3.61. The van der Waals surface area contributed by atoms with Crippen molar-refractivity contribution in [3.63, 3.8) is 0 Å². The maximum Gasteiger partial charge on any atom is 0.0218 e. The molecular formula is C15H31N3. The molecule has 1 N–H and O–H groups in total. The van der Waals surface area contributed by atoms with Crippen molar-refractivity contribution in [2.45, 2.75) is 58.7 Å². The molecule has 0 spiro atoms. The fraction of sp³-hybridized carbons (Fsp3) is 1.00. The van der Waals surface area contributed by atoms with Gasteiger partial charge in [-0.15, -0.1) is 0 Å². The van der Waals surface area contributed by atoms with E-state index >= 15 is 0 Å². The van der Waals surface area contributed by atoms with E-state index < -0.39 is 0 Å². The average molecular weight is 253 g/mol. The van der Waals surface area contributed by atoms with Gasteiger partial charge in [0.15, 0.2) is 0 Å². The number of nitrogens with one attached hydrogen (secondary N) is 1. The van der Waals surface area contributed by atoms with Gasteiger partial charge in [0.2, 0.25) is 0 Å². The van der Waals surface area contributed by atoms with E-state index in [-0.39, 0.29) is 0 Å². The standard InChI is InChI=1S/C15H31N3/c1-5-15-8-16-13(4)9-18(15)11-14-6-7-17(10-14)12(2)3/h12-16H,5-11H2,1-4H3. The monoisotopic (exact) mass is 253 g/mol. The van der Waals surface area contributed by atoms with Gasteiger partial charge in [0.1, 0.15) is 0 Å². The lowest BCUT2D eigenvalue weighted by Gasteiger charge is -2.40. The van der Waals surface area contributed by atoms with Crippen molar-refractivity contribution < 1.29 is 0 Å². The zero-order valence-corrected chi connectivity index (χ0v) is 12.7. The molecule has 0 aromatic carbocycles. The Morgan fingerprint density at radius 1 is 1.28 bits per heavy atom. The fourth-order valence-electron chi connectivity index (χ4n) is 3.47. The zero-order chi connectivity index (χ0) is 13.1. The third kappa shape index (κ3) is 3.46. The molecule has 3 atom stereocenters. The van der Waals surface area contributed by atoms with Crippen molar-refractivity contribution in [2.75, 3.05) is 32.7 Å². The topological polar surface area (TPSA) is 18.5 Å². The van der Waals surface area contributed by atoms with Crippen molar-refractivity contribution in [1.29, 1.82) is 0 Å². The fourth-order valence-corrected chi connectivity index (χ4v) is 3.47. The highest BCUT2D eigenvalue weighted by molar-refractivity contribution is 4.87. The van der Waals surface area contributed by atoms with Crippen LogP contribution in [0, 0.1) is 5.92 Å². The van der Waals surface area contributed by atoms with E-state index in [4.69, 9.17) is 0 Å². The molecule has 3 nitrogen and oxygen atoms in total. The third-order valence-corrected chi connectivity index (χ3v) is 4.74. The molecule has 0 aromatic heterocycles. The van der Waals surface area contributed by atoms with E-state index in [1.165, 1.54) is 45.6 Å².